The van der Waals surface area contributed by atoms with Gasteiger partial charge in [-0.1, -0.05) is 0 Å². The third-order valence-electron chi connectivity index (χ3n) is 0.973. The van der Waals surface area contributed by atoms with E-state index in [0.717, 1.165) is 0 Å². The van der Waals surface area contributed by atoms with Gasteiger partial charge < -0.3 is 9.84 Å². The maximum absolute atomic E-state index is 11.5. The predicted octanol–water partition coefficient (Wildman–Crippen LogP) is 0.946. The molecular weight excluding hydrogens is 149 g/mol. The third-order valence-corrected chi connectivity index (χ3v) is 0.973. The molecule has 2 nitrogen and oxygen atoms in total. The number of hydrogen-bond acceptors (Lipinski definition) is 2. The molecule has 1 N–H and O–H groups in total. The number of hydrogen-bond donors (Lipinski definition) is 1. The Morgan fingerprint density at radius 2 is 2.00 bits per heavy atom. The lowest BCUT2D eigenvalue weighted by Crippen LogP contribution is -2.29. The Balaban J connectivity index is 3.52. The fourth-order valence-electron chi connectivity index (χ4n) is 0.393. The SMILES string of the molecule is COCC[C@@H](O)C(F)(F)F. The highest BCUT2D eigenvalue weighted by atomic mass is 19.4. The van der Waals surface area contributed by atoms with Crippen LogP contribution in [0.1, 0.15) is 6.42 Å². The first kappa shape index (κ1) is 9.71. The van der Waals surface area contributed by atoms with Gasteiger partial charge in [0.25, 0.3) is 0 Å². The van der Waals surface area contributed by atoms with Crippen LogP contribution in [0.25, 0.3) is 0 Å². The summed E-state index contributed by atoms with van der Waals surface area (Å²) in [6, 6.07) is 0. The van der Waals surface area contributed by atoms with E-state index >= 15 is 0 Å². The van der Waals surface area contributed by atoms with Gasteiger partial charge in [-0.15, -0.1) is 0 Å². The van der Waals surface area contributed by atoms with Crippen molar-refractivity contribution in [2.24, 2.45) is 0 Å². The normalized spacial score (nSPS) is 15.3. The van der Waals surface area contributed by atoms with E-state index in [4.69, 9.17) is 5.11 Å². The highest BCUT2D eigenvalue weighted by Gasteiger charge is 2.37. The van der Waals surface area contributed by atoms with Crippen LogP contribution in [0.15, 0.2) is 0 Å². The molecule has 0 spiro atoms. The first-order valence-corrected chi connectivity index (χ1v) is 2.72. The first-order valence-electron chi connectivity index (χ1n) is 2.72. The summed E-state index contributed by atoms with van der Waals surface area (Å²) >= 11 is 0. The number of alkyl halides is 3. The number of ether oxygens (including phenoxy) is 1. The van der Waals surface area contributed by atoms with Crippen molar-refractivity contribution < 1.29 is 23.0 Å². The van der Waals surface area contributed by atoms with Gasteiger partial charge in [-0.25, -0.2) is 0 Å². The summed E-state index contributed by atoms with van der Waals surface area (Å²) in [7, 11) is 1.28. The van der Waals surface area contributed by atoms with Gasteiger partial charge in [0.2, 0.25) is 0 Å². The smallest absolute Gasteiger partial charge is 0.385 e. The van der Waals surface area contributed by atoms with Gasteiger partial charge in [0.05, 0.1) is 0 Å². The Hall–Kier alpha value is -0.290. The van der Waals surface area contributed by atoms with Crippen LogP contribution in [0.3, 0.4) is 0 Å². The average Bonchev–Trinajstić information content (AvgIpc) is 1.80. The zero-order valence-electron chi connectivity index (χ0n) is 5.48. The molecule has 1 atom stereocenters. The fraction of sp³-hybridized carbons (Fsp3) is 1.00. The molecule has 0 fully saturated rings. The molecule has 10 heavy (non-hydrogen) atoms. The number of methoxy groups -OCH3 is 1. The highest BCUT2D eigenvalue weighted by molar-refractivity contribution is 4.63. The van der Waals surface area contributed by atoms with Crippen molar-refractivity contribution in [1.82, 2.24) is 0 Å². The standard InChI is InChI=1S/C5H9F3O2/c1-10-3-2-4(9)5(6,7)8/h4,9H,2-3H2,1H3/t4-/m1/s1. The quantitative estimate of drug-likeness (QED) is 0.662. The van der Waals surface area contributed by atoms with Crippen LogP contribution < -0.4 is 0 Å². The van der Waals surface area contributed by atoms with Gasteiger partial charge in [-0.3, -0.25) is 0 Å². The van der Waals surface area contributed by atoms with E-state index in [1.165, 1.54) is 7.11 Å². The van der Waals surface area contributed by atoms with E-state index in [1.807, 2.05) is 0 Å². The second kappa shape index (κ2) is 3.78. The largest absolute Gasteiger partial charge is 0.414 e. The molecular formula is C5H9F3O2. The van der Waals surface area contributed by atoms with Crippen molar-refractivity contribution in [3.63, 3.8) is 0 Å². The van der Waals surface area contributed by atoms with E-state index in [0.29, 0.717) is 0 Å². The number of aliphatic hydroxyl groups excluding tert-OH is 1. The molecule has 0 bridgehead atoms. The lowest BCUT2D eigenvalue weighted by molar-refractivity contribution is -0.207. The second-order valence-electron chi connectivity index (χ2n) is 1.84. The number of halogens is 3. The Morgan fingerprint density at radius 3 is 2.30 bits per heavy atom. The van der Waals surface area contributed by atoms with E-state index in [2.05, 4.69) is 4.74 Å². The summed E-state index contributed by atoms with van der Waals surface area (Å²) in [6.45, 7) is -0.0827. The van der Waals surface area contributed by atoms with E-state index in [-0.39, 0.29) is 6.61 Å². The molecule has 62 valence electrons. The highest BCUT2D eigenvalue weighted by Crippen LogP contribution is 2.21. The van der Waals surface area contributed by atoms with Gasteiger partial charge in [-0.05, 0) is 0 Å². The van der Waals surface area contributed by atoms with Gasteiger partial charge in [0.1, 0.15) is 0 Å². The average molecular weight is 158 g/mol. The zero-order valence-corrected chi connectivity index (χ0v) is 5.48. The molecule has 0 aliphatic heterocycles. The van der Waals surface area contributed by atoms with E-state index < -0.39 is 18.7 Å². The molecule has 0 saturated carbocycles. The number of aliphatic hydroxyl groups is 1. The molecule has 5 heteroatoms. The maximum atomic E-state index is 11.5. The lowest BCUT2D eigenvalue weighted by Gasteiger charge is -2.12. The fourth-order valence-corrected chi connectivity index (χ4v) is 0.393. The summed E-state index contributed by atoms with van der Waals surface area (Å²) in [5, 5.41) is 8.31. The van der Waals surface area contributed by atoms with Gasteiger partial charge in [0, 0.05) is 20.1 Å². The van der Waals surface area contributed by atoms with Crippen molar-refractivity contribution >= 4 is 0 Å². The van der Waals surface area contributed by atoms with E-state index in [9.17, 15) is 13.2 Å². The van der Waals surface area contributed by atoms with Gasteiger partial charge in [0.15, 0.2) is 6.10 Å². The summed E-state index contributed by atoms with van der Waals surface area (Å²) in [6.07, 6.45) is -7.18. The Morgan fingerprint density at radius 1 is 1.50 bits per heavy atom. The van der Waals surface area contributed by atoms with Crippen LogP contribution in [-0.4, -0.2) is 31.1 Å². The summed E-state index contributed by atoms with van der Waals surface area (Å²) in [5.74, 6) is 0. The van der Waals surface area contributed by atoms with Crippen molar-refractivity contribution in [1.29, 1.82) is 0 Å². The zero-order chi connectivity index (χ0) is 8.20. The van der Waals surface area contributed by atoms with Gasteiger partial charge in [-0.2, -0.15) is 13.2 Å². The molecule has 0 rings (SSSR count). The second-order valence-corrected chi connectivity index (χ2v) is 1.84. The monoisotopic (exact) mass is 158 g/mol. The Bertz CT molecular complexity index is 91.4. The van der Waals surface area contributed by atoms with Crippen molar-refractivity contribution in [3.8, 4) is 0 Å². The van der Waals surface area contributed by atoms with Crippen molar-refractivity contribution in [2.75, 3.05) is 13.7 Å². The van der Waals surface area contributed by atoms with Crippen LogP contribution in [0.2, 0.25) is 0 Å². The van der Waals surface area contributed by atoms with Crippen LogP contribution in [0.5, 0.6) is 0 Å². The summed E-state index contributed by atoms with van der Waals surface area (Å²) in [5.41, 5.74) is 0. The van der Waals surface area contributed by atoms with Crippen LogP contribution in [-0.2, 0) is 4.74 Å². The molecule has 0 amide bonds. The minimum absolute atomic E-state index is 0.0827. The molecule has 0 aromatic rings. The maximum Gasteiger partial charge on any atom is 0.414 e. The van der Waals surface area contributed by atoms with Crippen molar-refractivity contribution in [2.45, 2.75) is 18.7 Å². The van der Waals surface area contributed by atoms with Crippen LogP contribution in [0.4, 0.5) is 13.2 Å². The minimum atomic E-state index is -4.52. The van der Waals surface area contributed by atoms with Crippen molar-refractivity contribution in [3.05, 3.63) is 0 Å². The molecule has 0 saturated heterocycles. The molecule has 0 radical (unpaired) electrons. The third kappa shape index (κ3) is 3.68. The number of rotatable bonds is 3. The molecule has 0 heterocycles. The lowest BCUT2D eigenvalue weighted by atomic mass is 10.2. The van der Waals surface area contributed by atoms with Gasteiger partial charge >= 0.3 is 6.18 Å². The topological polar surface area (TPSA) is 29.5 Å². The first-order chi connectivity index (χ1) is 4.48. The van der Waals surface area contributed by atoms with Crippen LogP contribution in [0, 0.1) is 0 Å². The van der Waals surface area contributed by atoms with E-state index in [1.54, 1.807) is 0 Å². The molecule has 0 aliphatic carbocycles. The molecule has 0 unspecified atom stereocenters. The minimum Gasteiger partial charge on any atom is -0.385 e. The molecule has 0 aromatic heterocycles. The predicted molar refractivity (Wildman–Crippen MR) is 28.6 cm³/mol. The molecule has 0 aromatic carbocycles. The summed E-state index contributed by atoms with van der Waals surface area (Å²) in [4.78, 5) is 0. The summed E-state index contributed by atoms with van der Waals surface area (Å²) < 4.78 is 38.7. The molecule has 0 aliphatic rings. The van der Waals surface area contributed by atoms with Crippen LogP contribution >= 0.6 is 0 Å². The Kier molecular flexibility index (Phi) is 3.67. The Labute approximate surface area is 56.6 Å².